The van der Waals surface area contributed by atoms with E-state index in [9.17, 15) is 17.3 Å². The van der Waals surface area contributed by atoms with E-state index in [2.05, 4.69) is 0 Å². The van der Waals surface area contributed by atoms with Crippen LogP contribution in [0.2, 0.25) is 0 Å². The van der Waals surface area contributed by atoms with E-state index in [1.807, 2.05) is 0 Å². The topological polar surface area (TPSA) is 0 Å². The lowest BCUT2D eigenvalue weighted by Gasteiger charge is -1.94. The molecule has 0 fully saturated rings. The van der Waals surface area contributed by atoms with Gasteiger partial charge in [-0.1, -0.05) is 13.5 Å². The third kappa shape index (κ3) is 2230. The molecule has 0 atom stereocenters. The largest absolute Gasteiger partial charge is 0.673 e. The highest BCUT2D eigenvalue weighted by Gasteiger charge is 2.20. The van der Waals surface area contributed by atoms with Gasteiger partial charge >= 0.3 is 7.25 Å². The number of hydrogen-bond acceptors (Lipinski definition) is 0. The Kier molecular flexibility index (Phi) is 3.68. The van der Waals surface area contributed by atoms with Crippen molar-refractivity contribution in [1.29, 1.82) is 0 Å². The van der Waals surface area contributed by atoms with Gasteiger partial charge in [-0.05, 0) is 0 Å². The van der Waals surface area contributed by atoms with Crippen LogP contribution in [0, 0.1) is 0 Å². The van der Waals surface area contributed by atoms with E-state index in [0.29, 0.717) is 0 Å². The minimum Gasteiger partial charge on any atom is -0.418 e. The summed E-state index contributed by atoms with van der Waals surface area (Å²) >= 11 is 0. The Hall–Kier alpha value is 0.135. The Bertz CT molecular complexity index is 23.0. The summed E-state index contributed by atoms with van der Waals surface area (Å²) in [6.07, 6.45) is 0. The molecular weight excluding hydrogens is 119 g/mol. The van der Waals surface area contributed by atoms with Gasteiger partial charge in [-0.2, -0.15) is 0 Å². The first-order chi connectivity index (χ1) is 2.00. The van der Waals surface area contributed by atoms with E-state index >= 15 is 0 Å². The van der Waals surface area contributed by atoms with Crippen molar-refractivity contribution in [3.8, 4) is 0 Å². The maximum absolute atomic E-state index is 9.75. The SMILES string of the molecule is F[B-](F)(F)F.[SH3+]. The minimum absolute atomic E-state index is 0. The standard InChI is InChI=1S/BF4.H2S/c2-1(3,4)5;/h;1H2/q-1;/p+1. The number of hydrogen-bond donors (Lipinski definition) is 0. The first-order valence-corrected chi connectivity index (χ1v) is 0.873. The van der Waals surface area contributed by atoms with Crippen LogP contribution in [0.25, 0.3) is 0 Å². The van der Waals surface area contributed by atoms with E-state index in [1.165, 1.54) is 0 Å². The van der Waals surface area contributed by atoms with Gasteiger partial charge in [0.15, 0.2) is 0 Å². The van der Waals surface area contributed by atoms with Gasteiger partial charge in [0.05, 0.1) is 0 Å². The maximum atomic E-state index is 9.75. The first kappa shape index (κ1) is 9.46. The van der Waals surface area contributed by atoms with Gasteiger partial charge in [-0.3, -0.25) is 0 Å². The normalized spacial score (nSPS) is 10.0. The molecule has 0 saturated heterocycles. The van der Waals surface area contributed by atoms with E-state index in [0.717, 1.165) is 0 Å². The Morgan fingerprint density at radius 3 is 0.833 bits per heavy atom. The average Bonchev–Trinajstić information content (AvgIpc) is 0.722. The molecule has 0 aliphatic heterocycles. The molecule has 0 saturated carbocycles. The molecule has 0 aromatic rings. The second-order valence-corrected chi connectivity index (χ2v) is 0.495. The van der Waals surface area contributed by atoms with Gasteiger partial charge in [0.25, 0.3) is 0 Å². The van der Waals surface area contributed by atoms with Gasteiger partial charge < -0.3 is 17.3 Å². The van der Waals surface area contributed by atoms with Crippen LogP contribution in [0.1, 0.15) is 0 Å². The fourth-order valence-corrected chi connectivity index (χ4v) is 0. The highest BCUT2D eigenvalue weighted by atomic mass is 32.1. The van der Waals surface area contributed by atoms with Gasteiger partial charge in [0.1, 0.15) is 0 Å². The Morgan fingerprint density at radius 2 is 0.833 bits per heavy atom. The molecule has 0 heterocycles. The zero-order valence-corrected chi connectivity index (χ0v) is 3.82. The molecule has 0 amide bonds. The van der Waals surface area contributed by atoms with Gasteiger partial charge in [0.2, 0.25) is 0 Å². The third-order valence-corrected chi connectivity index (χ3v) is 0. The Morgan fingerprint density at radius 1 is 0.833 bits per heavy atom. The highest BCUT2D eigenvalue weighted by molar-refractivity contribution is 7.37. The van der Waals surface area contributed by atoms with E-state index in [-0.39, 0.29) is 13.5 Å². The van der Waals surface area contributed by atoms with Crippen LogP contribution in [-0.2, 0) is 13.5 Å². The summed E-state index contributed by atoms with van der Waals surface area (Å²) < 4.78 is 39.0. The van der Waals surface area contributed by atoms with E-state index < -0.39 is 7.25 Å². The second-order valence-electron chi connectivity index (χ2n) is 0.495. The molecule has 0 radical (unpaired) electrons. The summed E-state index contributed by atoms with van der Waals surface area (Å²) in [4.78, 5) is 0. The molecule has 0 aromatic heterocycles. The lowest BCUT2D eigenvalue weighted by molar-refractivity contribution is 0.368. The van der Waals surface area contributed by atoms with Crippen LogP contribution in [0.3, 0.4) is 0 Å². The predicted molar refractivity (Wildman–Crippen MR) is 21.7 cm³/mol. The molecule has 0 rings (SSSR count). The first-order valence-electron chi connectivity index (χ1n) is 0.873. The molecule has 0 aliphatic carbocycles. The lowest BCUT2D eigenvalue weighted by atomic mass is 10.3. The van der Waals surface area contributed by atoms with Crippen LogP contribution in [0.15, 0.2) is 0 Å². The summed E-state index contributed by atoms with van der Waals surface area (Å²) in [6.45, 7) is 0. The highest BCUT2D eigenvalue weighted by Crippen LogP contribution is 2.06. The summed E-state index contributed by atoms with van der Waals surface area (Å²) in [5, 5.41) is 0. The van der Waals surface area contributed by atoms with Crippen molar-refractivity contribution in [1.82, 2.24) is 0 Å². The van der Waals surface area contributed by atoms with Crippen molar-refractivity contribution in [2.45, 2.75) is 0 Å². The van der Waals surface area contributed by atoms with Crippen LogP contribution in [0.4, 0.5) is 17.3 Å². The molecule has 0 bridgehead atoms. The molecule has 0 N–H and O–H groups in total. The molecule has 0 unspecified atom stereocenters. The number of rotatable bonds is 0. The zero-order chi connectivity index (χ0) is 4.50. The van der Waals surface area contributed by atoms with E-state index in [4.69, 9.17) is 0 Å². The van der Waals surface area contributed by atoms with Crippen LogP contribution >= 0.6 is 0 Å². The van der Waals surface area contributed by atoms with Crippen molar-refractivity contribution in [2.24, 2.45) is 0 Å². The summed E-state index contributed by atoms with van der Waals surface area (Å²) in [7, 11) is -6.00. The quantitative estimate of drug-likeness (QED) is 0.249. The second kappa shape index (κ2) is 2.33. The fourth-order valence-electron chi connectivity index (χ4n) is 0. The fraction of sp³-hybridized carbons (Fsp3) is 0. The average molecular weight is 122 g/mol. The van der Waals surface area contributed by atoms with Crippen molar-refractivity contribution >= 4 is 20.8 Å². The number of halogens is 4. The molecule has 0 aromatic carbocycles. The molecular formula is H3BF4S. The van der Waals surface area contributed by atoms with Gasteiger partial charge in [-0.15, -0.1) is 0 Å². The van der Waals surface area contributed by atoms with Crippen LogP contribution in [-0.4, -0.2) is 7.25 Å². The third-order valence-electron chi connectivity index (χ3n) is 0. The zero-order valence-electron chi connectivity index (χ0n) is 2.67. The van der Waals surface area contributed by atoms with Gasteiger partial charge in [-0.25, -0.2) is 0 Å². The molecule has 40 valence electrons. The summed E-state index contributed by atoms with van der Waals surface area (Å²) in [5.74, 6) is 0. The van der Waals surface area contributed by atoms with Crippen LogP contribution < -0.4 is 0 Å². The molecule has 0 aliphatic rings. The summed E-state index contributed by atoms with van der Waals surface area (Å²) in [6, 6.07) is 0. The van der Waals surface area contributed by atoms with Crippen molar-refractivity contribution in [3.63, 3.8) is 0 Å². The molecule has 6 heavy (non-hydrogen) atoms. The maximum Gasteiger partial charge on any atom is 0.673 e. The van der Waals surface area contributed by atoms with Gasteiger partial charge in [0, 0.05) is 0 Å². The Balaban J connectivity index is 0. The Labute approximate surface area is 39.1 Å². The van der Waals surface area contributed by atoms with Crippen LogP contribution in [0.5, 0.6) is 0 Å². The van der Waals surface area contributed by atoms with Crippen molar-refractivity contribution in [2.75, 3.05) is 0 Å². The summed E-state index contributed by atoms with van der Waals surface area (Å²) in [5.41, 5.74) is 0. The van der Waals surface area contributed by atoms with Crippen molar-refractivity contribution < 1.29 is 17.3 Å². The molecule has 6 heteroatoms. The van der Waals surface area contributed by atoms with Crippen molar-refractivity contribution in [3.05, 3.63) is 0 Å². The molecule has 0 spiro atoms. The van der Waals surface area contributed by atoms with E-state index in [1.54, 1.807) is 0 Å². The minimum atomic E-state index is -6.00. The monoisotopic (exact) mass is 122 g/mol. The smallest absolute Gasteiger partial charge is 0.418 e. The predicted octanol–water partition coefficient (Wildman–Crippen LogP) is 0.494. The molecule has 0 nitrogen and oxygen atoms in total. The lowest BCUT2D eigenvalue weighted by Crippen LogP contribution is -2.02.